The van der Waals surface area contributed by atoms with Gasteiger partial charge in [0, 0.05) is 0 Å². The summed E-state index contributed by atoms with van der Waals surface area (Å²) in [5, 5.41) is 9.43. The van der Waals surface area contributed by atoms with Crippen molar-refractivity contribution < 1.29 is 9.50 Å². The lowest BCUT2D eigenvalue weighted by molar-refractivity contribution is 0.0671. The van der Waals surface area contributed by atoms with Crippen LogP contribution in [0.1, 0.15) is 38.5 Å². The fourth-order valence-corrected chi connectivity index (χ4v) is 1.56. The Balaban J connectivity index is 2.41. The summed E-state index contributed by atoms with van der Waals surface area (Å²) < 4.78 is 13.3. The van der Waals surface area contributed by atoms with E-state index >= 15 is 0 Å². The normalized spacial score (nSPS) is 35.3. The zero-order valence-corrected chi connectivity index (χ0v) is 8.53. The number of aliphatic hydroxyl groups is 1. The highest BCUT2D eigenvalue weighted by Crippen LogP contribution is 2.14. The maximum atomic E-state index is 13.3. The molecule has 1 N–H and O–H groups in total. The number of hydrogen-bond acceptors (Lipinski definition) is 1. The van der Waals surface area contributed by atoms with Gasteiger partial charge in [0.1, 0.15) is 6.17 Å². The second-order valence-electron chi connectivity index (χ2n) is 3.76. The minimum Gasteiger partial charge on any atom is -0.390 e. The molecule has 14 heavy (non-hydrogen) atoms. The average molecular weight is 198 g/mol. The van der Waals surface area contributed by atoms with Crippen LogP contribution in [0.3, 0.4) is 0 Å². The number of allylic oxidation sites excluding steroid dienone is 4. The molecule has 1 nitrogen and oxygen atoms in total. The van der Waals surface area contributed by atoms with Crippen LogP contribution in [0.2, 0.25) is 0 Å². The number of alkyl halides is 1. The van der Waals surface area contributed by atoms with Crippen LogP contribution in [0.4, 0.5) is 4.39 Å². The van der Waals surface area contributed by atoms with Crippen LogP contribution in [0.15, 0.2) is 24.3 Å². The summed E-state index contributed by atoms with van der Waals surface area (Å²) >= 11 is 0. The Morgan fingerprint density at radius 1 is 0.857 bits per heavy atom. The minimum atomic E-state index is -1.06. The molecule has 0 heterocycles. The highest BCUT2D eigenvalue weighted by Gasteiger charge is 2.16. The van der Waals surface area contributed by atoms with Crippen molar-refractivity contribution in [3.8, 4) is 0 Å². The number of aliphatic hydroxyl groups excluding tert-OH is 1. The molecule has 0 radical (unpaired) electrons. The van der Waals surface area contributed by atoms with Crippen molar-refractivity contribution >= 4 is 0 Å². The van der Waals surface area contributed by atoms with Gasteiger partial charge in [-0.2, -0.15) is 0 Å². The molecule has 0 bridgehead atoms. The molecule has 1 aliphatic rings. The molecule has 0 aromatic rings. The molecule has 1 aliphatic carbocycles. The Bertz CT molecular complexity index is 176. The molecule has 2 heteroatoms. The van der Waals surface area contributed by atoms with Gasteiger partial charge in [-0.1, -0.05) is 24.3 Å². The lowest BCUT2D eigenvalue weighted by Gasteiger charge is -2.14. The topological polar surface area (TPSA) is 20.2 Å². The monoisotopic (exact) mass is 198 g/mol. The number of rotatable bonds is 0. The Hall–Kier alpha value is -0.630. The molecular formula is C12H19FO. The van der Waals surface area contributed by atoms with Crippen LogP contribution < -0.4 is 0 Å². The van der Waals surface area contributed by atoms with Crippen molar-refractivity contribution in [2.45, 2.75) is 50.8 Å². The van der Waals surface area contributed by atoms with Crippen molar-refractivity contribution in [1.82, 2.24) is 0 Å². The van der Waals surface area contributed by atoms with Crippen molar-refractivity contribution in [3.63, 3.8) is 0 Å². The fraction of sp³-hybridized carbons (Fsp3) is 0.667. The molecule has 1 rings (SSSR count). The van der Waals surface area contributed by atoms with E-state index in [9.17, 15) is 9.50 Å². The third kappa shape index (κ3) is 4.56. The average Bonchev–Trinajstić information content (AvgIpc) is 2.18. The molecule has 0 fully saturated rings. The third-order valence-corrected chi connectivity index (χ3v) is 2.49. The molecule has 0 amide bonds. The van der Waals surface area contributed by atoms with Crippen LogP contribution in [-0.4, -0.2) is 17.4 Å². The van der Waals surface area contributed by atoms with E-state index in [0.717, 1.165) is 25.7 Å². The summed E-state index contributed by atoms with van der Waals surface area (Å²) in [6, 6.07) is 0. The Morgan fingerprint density at radius 2 is 1.36 bits per heavy atom. The predicted octanol–water partition coefficient (Wildman–Crippen LogP) is 3.15. The summed E-state index contributed by atoms with van der Waals surface area (Å²) in [4.78, 5) is 0. The van der Waals surface area contributed by atoms with E-state index in [1.54, 1.807) is 0 Å². The van der Waals surface area contributed by atoms with Crippen molar-refractivity contribution in [1.29, 1.82) is 0 Å². The summed E-state index contributed by atoms with van der Waals surface area (Å²) in [7, 11) is 0. The Labute approximate surface area is 85.3 Å². The Kier molecular flexibility index (Phi) is 5.53. The van der Waals surface area contributed by atoms with E-state index in [1.807, 2.05) is 12.2 Å². The van der Waals surface area contributed by atoms with Gasteiger partial charge >= 0.3 is 0 Å². The van der Waals surface area contributed by atoms with Crippen LogP contribution >= 0.6 is 0 Å². The molecule has 0 saturated heterocycles. The van der Waals surface area contributed by atoms with E-state index in [2.05, 4.69) is 12.2 Å². The van der Waals surface area contributed by atoms with E-state index in [0.29, 0.717) is 12.8 Å². The van der Waals surface area contributed by atoms with Gasteiger partial charge in [0.2, 0.25) is 0 Å². The maximum Gasteiger partial charge on any atom is 0.126 e. The molecule has 0 unspecified atom stereocenters. The molecule has 0 spiro atoms. The fourth-order valence-electron chi connectivity index (χ4n) is 1.56. The molecule has 0 aromatic carbocycles. The van der Waals surface area contributed by atoms with Gasteiger partial charge in [-0.15, -0.1) is 0 Å². The van der Waals surface area contributed by atoms with Gasteiger partial charge in [-0.05, 0) is 38.5 Å². The van der Waals surface area contributed by atoms with Crippen LogP contribution in [0.5, 0.6) is 0 Å². The first-order valence-corrected chi connectivity index (χ1v) is 5.43. The van der Waals surface area contributed by atoms with Gasteiger partial charge in [0.05, 0.1) is 6.10 Å². The van der Waals surface area contributed by atoms with E-state index in [-0.39, 0.29) is 0 Å². The standard InChI is InChI=1S/C12H19FO/c13-11-9-7-5-3-1-2-4-6-8-10-12(11)14/h3-6,11-12,14H,1-2,7-10H2/b5-3-,6-4+/t11-,12+/m1/s1. The first kappa shape index (κ1) is 11.4. The Morgan fingerprint density at radius 3 is 2.00 bits per heavy atom. The first-order valence-electron chi connectivity index (χ1n) is 5.43. The van der Waals surface area contributed by atoms with Crippen molar-refractivity contribution in [2.75, 3.05) is 0 Å². The lowest BCUT2D eigenvalue weighted by atomic mass is 10.0. The van der Waals surface area contributed by atoms with Gasteiger partial charge in [-0.25, -0.2) is 4.39 Å². The van der Waals surface area contributed by atoms with E-state index in [4.69, 9.17) is 0 Å². The zero-order chi connectivity index (χ0) is 10.2. The van der Waals surface area contributed by atoms with Crippen molar-refractivity contribution in [2.24, 2.45) is 0 Å². The van der Waals surface area contributed by atoms with Gasteiger partial charge in [0.15, 0.2) is 0 Å². The predicted molar refractivity (Wildman–Crippen MR) is 56.9 cm³/mol. The van der Waals surface area contributed by atoms with E-state index < -0.39 is 12.3 Å². The molecule has 2 atom stereocenters. The van der Waals surface area contributed by atoms with Crippen molar-refractivity contribution in [3.05, 3.63) is 24.3 Å². The highest BCUT2D eigenvalue weighted by atomic mass is 19.1. The highest BCUT2D eigenvalue weighted by molar-refractivity contribution is 4.90. The van der Waals surface area contributed by atoms with Gasteiger partial charge in [0.25, 0.3) is 0 Å². The van der Waals surface area contributed by atoms with Gasteiger partial charge < -0.3 is 5.11 Å². The van der Waals surface area contributed by atoms with Crippen LogP contribution in [0, 0.1) is 0 Å². The molecular weight excluding hydrogens is 179 g/mol. The SMILES string of the molecule is O[C@H]1CC/C=C/CC/C=C\CC[C@H]1F. The zero-order valence-electron chi connectivity index (χ0n) is 8.53. The van der Waals surface area contributed by atoms with Crippen LogP contribution in [-0.2, 0) is 0 Å². The number of hydrogen-bond donors (Lipinski definition) is 1. The summed E-state index contributed by atoms with van der Waals surface area (Å²) in [6.45, 7) is 0. The third-order valence-electron chi connectivity index (χ3n) is 2.49. The second kappa shape index (κ2) is 6.77. The van der Waals surface area contributed by atoms with Crippen LogP contribution in [0.25, 0.3) is 0 Å². The van der Waals surface area contributed by atoms with E-state index in [1.165, 1.54) is 0 Å². The lowest BCUT2D eigenvalue weighted by Crippen LogP contribution is -2.21. The smallest absolute Gasteiger partial charge is 0.126 e. The number of halogens is 1. The molecule has 0 aromatic heterocycles. The molecule has 0 saturated carbocycles. The first-order chi connectivity index (χ1) is 6.80. The largest absolute Gasteiger partial charge is 0.390 e. The molecule has 80 valence electrons. The van der Waals surface area contributed by atoms with Gasteiger partial charge in [-0.3, -0.25) is 0 Å². The molecule has 0 aliphatic heterocycles. The summed E-state index contributed by atoms with van der Waals surface area (Å²) in [5.41, 5.74) is 0. The maximum absolute atomic E-state index is 13.3. The summed E-state index contributed by atoms with van der Waals surface area (Å²) in [6.07, 6.45) is 11.0. The minimum absolute atomic E-state index is 0.446. The quantitative estimate of drug-likeness (QED) is 0.593. The summed E-state index contributed by atoms with van der Waals surface area (Å²) in [5.74, 6) is 0. The second-order valence-corrected chi connectivity index (χ2v) is 3.76.